The van der Waals surface area contributed by atoms with Crippen LogP contribution in [-0.2, 0) is 24.4 Å². The summed E-state index contributed by atoms with van der Waals surface area (Å²) < 4.78 is 40.1. The Hall–Kier alpha value is -0.660. The minimum atomic E-state index is -3.88. The SMILES string of the molecule is COCCOC(=O)CCCCCCCCC(C)S(=O)(=O)O. The van der Waals surface area contributed by atoms with Gasteiger partial charge >= 0.3 is 5.97 Å². The molecule has 0 saturated heterocycles. The maximum Gasteiger partial charge on any atom is 0.305 e. The molecule has 7 heteroatoms. The number of esters is 1. The summed E-state index contributed by atoms with van der Waals surface area (Å²) in [5.74, 6) is -0.186. The molecule has 1 N–H and O–H groups in total. The lowest BCUT2D eigenvalue weighted by Crippen LogP contribution is -2.16. The van der Waals surface area contributed by atoms with Gasteiger partial charge in [0.25, 0.3) is 10.1 Å². The highest BCUT2D eigenvalue weighted by Crippen LogP contribution is 2.12. The summed E-state index contributed by atoms with van der Waals surface area (Å²) >= 11 is 0. The quantitative estimate of drug-likeness (QED) is 0.318. The zero-order valence-electron chi connectivity index (χ0n) is 13.0. The van der Waals surface area contributed by atoms with Crippen molar-refractivity contribution < 1.29 is 27.2 Å². The first-order chi connectivity index (χ1) is 9.88. The number of carbonyl (C=O) groups excluding carboxylic acids is 1. The molecule has 0 amide bonds. The molecule has 0 aliphatic heterocycles. The molecule has 0 aromatic heterocycles. The molecule has 0 aliphatic carbocycles. The Kier molecular flexibility index (Phi) is 11.6. The molecule has 1 atom stereocenters. The van der Waals surface area contributed by atoms with E-state index in [0.717, 1.165) is 38.5 Å². The molecule has 0 rings (SSSR count). The maximum atomic E-state index is 11.3. The molecule has 0 fully saturated rings. The molecule has 6 nitrogen and oxygen atoms in total. The van der Waals surface area contributed by atoms with Crippen LogP contribution in [0.2, 0.25) is 0 Å². The van der Waals surface area contributed by atoms with E-state index in [1.807, 2.05) is 0 Å². The van der Waals surface area contributed by atoms with E-state index in [4.69, 9.17) is 14.0 Å². The molecule has 0 heterocycles. The Labute approximate surface area is 128 Å². The fraction of sp³-hybridized carbons (Fsp3) is 0.929. The monoisotopic (exact) mass is 324 g/mol. The highest BCUT2D eigenvalue weighted by atomic mass is 32.2. The summed E-state index contributed by atoms with van der Waals surface area (Å²) in [6, 6.07) is 0. The van der Waals surface area contributed by atoms with Gasteiger partial charge in [0.05, 0.1) is 11.9 Å². The highest BCUT2D eigenvalue weighted by molar-refractivity contribution is 7.86. The van der Waals surface area contributed by atoms with Crippen molar-refractivity contribution in [2.45, 2.75) is 63.5 Å². The molecule has 0 spiro atoms. The Morgan fingerprint density at radius 2 is 1.62 bits per heavy atom. The van der Waals surface area contributed by atoms with E-state index in [1.54, 1.807) is 7.11 Å². The van der Waals surface area contributed by atoms with Crippen molar-refractivity contribution in [3.8, 4) is 0 Å². The van der Waals surface area contributed by atoms with Crippen LogP contribution < -0.4 is 0 Å². The minimum Gasteiger partial charge on any atom is -0.463 e. The van der Waals surface area contributed by atoms with E-state index in [9.17, 15) is 13.2 Å². The fourth-order valence-corrected chi connectivity index (χ4v) is 2.33. The van der Waals surface area contributed by atoms with E-state index in [2.05, 4.69) is 0 Å². The van der Waals surface area contributed by atoms with Crippen molar-refractivity contribution in [1.29, 1.82) is 0 Å². The third kappa shape index (κ3) is 12.8. The molecule has 0 radical (unpaired) electrons. The predicted molar refractivity (Wildman–Crippen MR) is 80.8 cm³/mol. The van der Waals surface area contributed by atoms with Crippen LogP contribution in [-0.4, -0.2) is 44.5 Å². The van der Waals surface area contributed by atoms with Gasteiger partial charge in [-0.1, -0.05) is 32.1 Å². The van der Waals surface area contributed by atoms with E-state index in [1.165, 1.54) is 6.92 Å². The number of carbonyl (C=O) groups is 1. The van der Waals surface area contributed by atoms with Crippen molar-refractivity contribution in [3.05, 3.63) is 0 Å². The van der Waals surface area contributed by atoms with Crippen LogP contribution in [0.25, 0.3) is 0 Å². The summed E-state index contributed by atoms with van der Waals surface area (Å²) in [6.07, 6.45) is 6.47. The number of unbranched alkanes of at least 4 members (excludes halogenated alkanes) is 5. The molecule has 0 saturated carbocycles. The zero-order chi connectivity index (χ0) is 16.1. The lowest BCUT2D eigenvalue weighted by molar-refractivity contribution is -0.145. The van der Waals surface area contributed by atoms with Crippen molar-refractivity contribution in [1.82, 2.24) is 0 Å². The second-order valence-electron chi connectivity index (χ2n) is 5.20. The molecular weight excluding hydrogens is 296 g/mol. The van der Waals surface area contributed by atoms with Gasteiger partial charge in [-0.3, -0.25) is 9.35 Å². The number of hydrogen-bond acceptors (Lipinski definition) is 5. The molecule has 126 valence electrons. The number of methoxy groups -OCH3 is 1. The lowest BCUT2D eigenvalue weighted by Gasteiger charge is -2.07. The van der Waals surface area contributed by atoms with Gasteiger partial charge in [-0.05, 0) is 19.8 Å². The summed E-state index contributed by atoms with van der Waals surface area (Å²) in [5, 5.41) is -0.681. The maximum absolute atomic E-state index is 11.3. The third-order valence-electron chi connectivity index (χ3n) is 3.30. The topological polar surface area (TPSA) is 89.9 Å². The molecule has 0 aliphatic rings. The summed E-state index contributed by atoms with van der Waals surface area (Å²) in [7, 11) is -2.32. The zero-order valence-corrected chi connectivity index (χ0v) is 13.9. The van der Waals surface area contributed by atoms with E-state index in [0.29, 0.717) is 26.1 Å². The molecule has 0 aromatic rings. The van der Waals surface area contributed by atoms with Gasteiger partial charge in [0, 0.05) is 13.5 Å². The smallest absolute Gasteiger partial charge is 0.305 e. The average Bonchev–Trinajstić information content (AvgIpc) is 2.40. The van der Waals surface area contributed by atoms with E-state index >= 15 is 0 Å². The van der Waals surface area contributed by atoms with Gasteiger partial charge in [0.15, 0.2) is 0 Å². The first-order valence-corrected chi connectivity index (χ1v) is 8.99. The van der Waals surface area contributed by atoms with Crippen molar-refractivity contribution in [2.24, 2.45) is 0 Å². The molecule has 0 bridgehead atoms. The normalized spacial score (nSPS) is 13.1. The molecule has 0 aromatic carbocycles. The van der Waals surface area contributed by atoms with Crippen LogP contribution in [0, 0.1) is 0 Å². The summed E-state index contributed by atoms with van der Waals surface area (Å²) in [4.78, 5) is 11.3. The van der Waals surface area contributed by atoms with Crippen LogP contribution in [0.3, 0.4) is 0 Å². The third-order valence-corrected chi connectivity index (χ3v) is 4.55. The number of ether oxygens (including phenoxy) is 2. The van der Waals surface area contributed by atoms with Crippen LogP contribution in [0.4, 0.5) is 0 Å². The van der Waals surface area contributed by atoms with Crippen molar-refractivity contribution in [2.75, 3.05) is 20.3 Å². The van der Waals surface area contributed by atoms with Gasteiger partial charge in [-0.2, -0.15) is 8.42 Å². The van der Waals surface area contributed by atoms with Crippen LogP contribution >= 0.6 is 0 Å². The first kappa shape index (κ1) is 20.3. The van der Waals surface area contributed by atoms with Gasteiger partial charge in [0.1, 0.15) is 6.61 Å². The molecular formula is C14H28O6S. The second-order valence-corrected chi connectivity index (χ2v) is 7.03. The van der Waals surface area contributed by atoms with Crippen LogP contribution in [0.15, 0.2) is 0 Å². The Bertz CT molecular complexity index is 366. The molecule has 1 unspecified atom stereocenters. The van der Waals surface area contributed by atoms with Gasteiger partial charge in [-0.25, -0.2) is 0 Å². The van der Waals surface area contributed by atoms with Crippen LogP contribution in [0.5, 0.6) is 0 Å². The van der Waals surface area contributed by atoms with E-state index < -0.39 is 15.4 Å². The predicted octanol–water partition coefficient (Wildman–Crippen LogP) is 2.57. The molecule has 21 heavy (non-hydrogen) atoms. The minimum absolute atomic E-state index is 0.186. The Morgan fingerprint density at radius 1 is 1.05 bits per heavy atom. The largest absolute Gasteiger partial charge is 0.463 e. The van der Waals surface area contributed by atoms with Crippen LogP contribution in [0.1, 0.15) is 58.3 Å². The Morgan fingerprint density at radius 3 is 2.19 bits per heavy atom. The Balaban J connectivity index is 3.35. The standard InChI is InChI=1S/C14H28O6S/c1-13(21(16,17)18)9-7-5-3-4-6-8-10-14(15)20-12-11-19-2/h13H,3-12H2,1-2H3,(H,16,17,18). The average molecular weight is 324 g/mol. The fourth-order valence-electron chi connectivity index (χ4n) is 1.87. The second kappa shape index (κ2) is 11.9. The van der Waals surface area contributed by atoms with Gasteiger partial charge in [-0.15, -0.1) is 0 Å². The lowest BCUT2D eigenvalue weighted by atomic mass is 10.1. The van der Waals surface area contributed by atoms with Crippen molar-refractivity contribution >= 4 is 16.1 Å². The van der Waals surface area contributed by atoms with Gasteiger partial charge < -0.3 is 9.47 Å². The number of rotatable bonds is 13. The van der Waals surface area contributed by atoms with E-state index in [-0.39, 0.29) is 5.97 Å². The summed E-state index contributed by atoms with van der Waals surface area (Å²) in [5.41, 5.74) is 0. The summed E-state index contributed by atoms with van der Waals surface area (Å²) in [6.45, 7) is 2.25. The van der Waals surface area contributed by atoms with Gasteiger partial charge in [0.2, 0.25) is 0 Å². The first-order valence-electron chi connectivity index (χ1n) is 7.48. The number of hydrogen-bond donors (Lipinski definition) is 1. The highest BCUT2D eigenvalue weighted by Gasteiger charge is 2.15. The van der Waals surface area contributed by atoms with Crippen molar-refractivity contribution in [3.63, 3.8) is 0 Å².